The van der Waals surface area contributed by atoms with E-state index in [9.17, 15) is 19.7 Å². The maximum Gasteiger partial charge on any atom is 0.270 e. The van der Waals surface area contributed by atoms with E-state index in [4.69, 9.17) is 0 Å². The van der Waals surface area contributed by atoms with Crippen LogP contribution in [0.1, 0.15) is 27.9 Å². The van der Waals surface area contributed by atoms with Crippen molar-refractivity contribution < 1.29 is 14.5 Å². The second-order valence-electron chi connectivity index (χ2n) is 6.80. The van der Waals surface area contributed by atoms with Crippen molar-refractivity contribution in [3.63, 3.8) is 0 Å². The van der Waals surface area contributed by atoms with Crippen LogP contribution in [0.4, 0.5) is 11.4 Å². The molecule has 146 valence electrons. The molecular formula is C20H22N4O4. The Bertz CT molecular complexity index is 911. The summed E-state index contributed by atoms with van der Waals surface area (Å²) >= 11 is 0. The Hall–Kier alpha value is -3.42. The fraction of sp³-hybridized carbons (Fsp3) is 0.300. The molecule has 0 radical (unpaired) electrons. The van der Waals surface area contributed by atoms with E-state index < -0.39 is 16.9 Å². The van der Waals surface area contributed by atoms with Gasteiger partial charge < -0.3 is 15.5 Å². The van der Waals surface area contributed by atoms with Gasteiger partial charge in [0, 0.05) is 38.0 Å². The summed E-state index contributed by atoms with van der Waals surface area (Å²) in [5, 5.41) is 16.6. The topological polar surface area (TPSA) is 105 Å². The molecule has 8 nitrogen and oxygen atoms in total. The van der Waals surface area contributed by atoms with Crippen LogP contribution in [0.5, 0.6) is 0 Å². The van der Waals surface area contributed by atoms with E-state index in [1.807, 2.05) is 31.2 Å². The first-order valence-corrected chi connectivity index (χ1v) is 9.00. The van der Waals surface area contributed by atoms with Gasteiger partial charge in [-0.25, -0.2) is 0 Å². The number of benzene rings is 2. The minimum absolute atomic E-state index is 0.0539. The third-order valence-electron chi connectivity index (χ3n) is 4.81. The molecule has 28 heavy (non-hydrogen) atoms. The molecule has 2 aromatic carbocycles. The summed E-state index contributed by atoms with van der Waals surface area (Å²) < 4.78 is 0. The number of nitrogens with zero attached hydrogens (tertiary/aromatic N) is 2. The van der Waals surface area contributed by atoms with Gasteiger partial charge in [0.1, 0.15) is 6.04 Å². The van der Waals surface area contributed by atoms with Crippen LogP contribution >= 0.6 is 0 Å². The average Bonchev–Trinajstić information content (AvgIpc) is 3.02. The maximum atomic E-state index is 12.8. The summed E-state index contributed by atoms with van der Waals surface area (Å²) in [7, 11) is 1.45. The molecule has 2 amide bonds. The zero-order chi connectivity index (χ0) is 20.3. The van der Waals surface area contributed by atoms with Gasteiger partial charge in [0.25, 0.3) is 11.6 Å². The highest BCUT2D eigenvalue weighted by Crippen LogP contribution is 2.25. The number of nitro benzene ring substituents is 1. The lowest BCUT2D eigenvalue weighted by atomic mass is 10.1. The van der Waals surface area contributed by atoms with Crippen LogP contribution in [0.25, 0.3) is 0 Å². The number of nitro groups is 1. The number of hydrogen-bond donors (Lipinski definition) is 2. The number of carbonyl (C=O) groups is 2. The van der Waals surface area contributed by atoms with Gasteiger partial charge in [-0.15, -0.1) is 0 Å². The predicted molar refractivity (Wildman–Crippen MR) is 105 cm³/mol. The minimum atomic E-state index is -0.555. The van der Waals surface area contributed by atoms with Crippen molar-refractivity contribution in [2.45, 2.75) is 25.9 Å². The highest BCUT2D eigenvalue weighted by atomic mass is 16.6. The SMILES string of the molecule is CNC(=O)c1cc([N+](=O)[O-])ccc1NC1CCN(Cc2ccc(C)cc2)C1=O. The Morgan fingerprint density at radius 1 is 1.25 bits per heavy atom. The lowest BCUT2D eigenvalue weighted by Gasteiger charge is -2.19. The first-order chi connectivity index (χ1) is 13.4. The maximum absolute atomic E-state index is 12.8. The first kappa shape index (κ1) is 19.3. The molecule has 0 saturated carbocycles. The Morgan fingerprint density at radius 2 is 1.96 bits per heavy atom. The van der Waals surface area contributed by atoms with Crippen LogP contribution in [-0.2, 0) is 11.3 Å². The standard InChI is InChI=1S/C20H22N4O4/c1-13-3-5-14(6-4-13)12-23-10-9-18(20(23)26)22-17-8-7-15(24(27)28)11-16(17)19(25)21-2/h3-8,11,18,22H,9-10,12H2,1-2H3,(H,21,25). The number of non-ortho nitro benzene ring substituents is 1. The molecular weight excluding hydrogens is 360 g/mol. The normalized spacial score (nSPS) is 16.1. The second kappa shape index (κ2) is 8.08. The molecule has 1 aliphatic heterocycles. The molecule has 3 rings (SSSR count). The van der Waals surface area contributed by atoms with E-state index in [1.165, 1.54) is 25.2 Å². The molecule has 2 aromatic rings. The van der Waals surface area contributed by atoms with Gasteiger partial charge in [0.15, 0.2) is 0 Å². The van der Waals surface area contributed by atoms with Crippen LogP contribution in [-0.4, -0.2) is 41.3 Å². The molecule has 1 atom stereocenters. The molecule has 1 heterocycles. The van der Waals surface area contributed by atoms with E-state index >= 15 is 0 Å². The van der Waals surface area contributed by atoms with Gasteiger partial charge in [-0.1, -0.05) is 29.8 Å². The van der Waals surface area contributed by atoms with Crippen LogP contribution < -0.4 is 10.6 Å². The van der Waals surface area contributed by atoms with E-state index in [0.717, 1.165) is 11.1 Å². The second-order valence-corrected chi connectivity index (χ2v) is 6.80. The summed E-state index contributed by atoms with van der Waals surface area (Å²) in [6.07, 6.45) is 0.592. The van der Waals surface area contributed by atoms with E-state index in [2.05, 4.69) is 10.6 Å². The molecule has 0 aliphatic carbocycles. The Labute approximate surface area is 162 Å². The third-order valence-corrected chi connectivity index (χ3v) is 4.81. The Morgan fingerprint density at radius 3 is 2.61 bits per heavy atom. The van der Waals surface area contributed by atoms with Gasteiger partial charge >= 0.3 is 0 Å². The quantitative estimate of drug-likeness (QED) is 0.590. The third kappa shape index (κ3) is 4.11. The van der Waals surface area contributed by atoms with E-state index in [-0.39, 0.29) is 17.2 Å². The van der Waals surface area contributed by atoms with Gasteiger partial charge in [-0.05, 0) is 25.0 Å². The van der Waals surface area contributed by atoms with Crippen molar-refractivity contribution in [1.82, 2.24) is 10.2 Å². The fourth-order valence-electron chi connectivity index (χ4n) is 3.23. The fourth-order valence-corrected chi connectivity index (χ4v) is 3.23. The lowest BCUT2D eigenvalue weighted by Crippen LogP contribution is -2.33. The van der Waals surface area contributed by atoms with E-state index in [1.54, 1.807) is 4.90 Å². The zero-order valence-electron chi connectivity index (χ0n) is 15.8. The van der Waals surface area contributed by atoms with Crippen molar-refractivity contribution in [1.29, 1.82) is 0 Å². The summed E-state index contributed by atoms with van der Waals surface area (Å²) in [6, 6.07) is 11.6. The number of likely N-dealkylation sites (tertiary alicyclic amines) is 1. The van der Waals surface area contributed by atoms with Gasteiger partial charge in [-0.2, -0.15) is 0 Å². The first-order valence-electron chi connectivity index (χ1n) is 9.00. The van der Waals surface area contributed by atoms with Crippen LogP contribution in [0, 0.1) is 17.0 Å². The molecule has 2 N–H and O–H groups in total. The molecule has 0 bridgehead atoms. The molecule has 1 fully saturated rings. The number of aryl methyl sites for hydroxylation is 1. The minimum Gasteiger partial charge on any atom is -0.373 e. The summed E-state index contributed by atoms with van der Waals surface area (Å²) in [5.41, 5.74) is 2.58. The number of hydrogen-bond acceptors (Lipinski definition) is 5. The van der Waals surface area contributed by atoms with Gasteiger partial charge in [0.2, 0.25) is 5.91 Å². The van der Waals surface area contributed by atoms with E-state index in [0.29, 0.717) is 25.2 Å². The molecule has 8 heteroatoms. The van der Waals surface area contributed by atoms with Crippen molar-refractivity contribution in [3.05, 3.63) is 69.3 Å². The highest BCUT2D eigenvalue weighted by molar-refractivity contribution is 6.01. The number of anilines is 1. The molecule has 1 unspecified atom stereocenters. The molecule has 1 aliphatic rings. The van der Waals surface area contributed by atoms with Gasteiger partial charge in [0.05, 0.1) is 10.5 Å². The van der Waals surface area contributed by atoms with Crippen molar-refractivity contribution >= 4 is 23.2 Å². The smallest absolute Gasteiger partial charge is 0.270 e. The van der Waals surface area contributed by atoms with Crippen molar-refractivity contribution in [2.24, 2.45) is 0 Å². The van der Waals surface area contributed by atoms with Gasteiger partial charge in [-0.3, -0.25) is 19.7 Å². The van der Waals surface area contributed by atoms with Crippen LogP contribution in [0.2, 0.25) is 0 Å². The molecule has 0 aromatic heterocycles. The number of carbonyl (C=O) groups excluding carboxylic acids is 2. The predicted octanol–water partition coefficient (Wildman–Crippen LogP) is 2.48. The highest BCUT2D eigenvalue weighted by Gasteiger charge is 2.32. The van der Waals surface area contributed by atoms with Crippen molar-refractivity contribution in [2.75, 3.05) is 18.9 Å². The Kier molecular flexibility index (Phi) is 5.58. The van der Waals surface area contributed by atoms with Crippen molar-refractivity contribution in [3.8, 4) is 0 Å². The summed E-state index contributed by atoms with van der Waals surface area (Å²) in [4.78, 5) is 37.1. The molecule has 0 spiro atoms. The monoisotopic (exact) mass is 382 g/mol. The molecule has 1 saturated heterocycles. The van der Waals surface area contributed by atoms with Crippen LogP contribution in [0.3, 0.4) is 0 Å². The van der Waals surface area contributed by atoms with Crippen LogP contribution in [0.15, 0.2) is 42.5 Å². The zero-order valence-corrected chi connectivity index (χ0v) is 15.8. The Balaban J connectivity index is 1.75. The number of rotatable bonds is 6. The number of amides is 2. The largest absolute Gasteiger partial charge is 0.373 e. The summed E-state index contributed by atoms with van der Waals surface area (Å²) in [5.74, 6) is -0.505. The average molecular weight is 382 g/mol. The number of nitrogens with one attached hydrogen (secondary N) is 2. The summed E-state index contributed by atoms with van der Waals surface area (Å²) in [6.45, 7) is 3.14. The lowest BCUT2D eigenvalue weighted by molar-refractivity contribution is -0.384.